The maximum Gasteiger partial charge on any atom is 0.276 e. The van der Waals surface area contributed by atoms with Crippen LogP contribution in [0.2, 0.25) is 0 Å². The Bertz CT molecular complexity index is 402. The van der Waals surface area contributed by atoms with Crippen molar-refractivity contribution in [1.29, 1.82) is 0 Å². The van der Waals surface area contributed by atoms with Crippen LogP contribution in [0.15, 0.2) is 11.1 Å². The number of aromatic nitrogens is 2. The molecule has 1 fully saturated rings. The van der Waals surface area contributed by atoms with Gasteiger partial charge in [-0.2, -0.15) is 0 Å². The fourth-order valence-corrected chi connectivity index (χ4v) is 1.77. The number of nitrogen functional groups attached to an aromatic ring is 1. The van der Waals surface area contributed by atoms with Gasteiger partial charge in [-0.3, -0.25) is 4.79 Å². The highest BCUT2D eigenvalue weighted by Crippen LogP contribution is 2.14. The SMILES string of the molecule is CN1CCC(Nc2nc[nH]c(=O)c2N)C1. The second kappa shape index (κ2) is 3.90. The van der Waals surface area contributed by atoms with Crippen LogP contribution in [-0.4, -0.2) is 41.0 Å². The molecule has 6 heteroatoms. The fraction of sp³-hybridized carbons (Fsp3) is 0.556. The molecular weight excluding hydrogens is 194 g/mol. The van der Waals surface area contributed by atoms with Crippen LogP contribution >= 0.6 is 0 Å². The monoisotopic (exact) mass is 209 g/mol. The molecule has 2 rings (SSSR count). The van der Waals surface area contributed by atoms with Crippen LogP contribution in [0.4, 0.5) is 11.5 Å². The van der Waals surface area contributed by atoms with Gasteiger partial charge in [-0.25, -0.2) is 4.98 Å². The maximum atomic E-state index is 11.2. The topological polar surface area (TPSA) is 87.0 Å². The van der Waals surface area contributed by atoms with E-state index < -0.39 is 0 Å². The van der Waals surface area contributed by atoms with Crippen LogP contribution in [0.5, 0.6) is 0 Å². The molecule has 0 saturated carbocycles. The summed E-state index contributed by atoms with van der Waals surface area (Å²) in [6.45, 7) is 2.01. The highest BCUT2D eigenvalue weighted by Gasteiger charge is 2.20. The lowest BCUT2D eigenvalue weighted by molar-refractivity contribution is 0.414. The molecule has 1 saturated heterocycles. The summed E-state index contributed by atoms with van der Waals surface area (Å²) in [5.74, 6) is 0.485. The summed E-state index contributed by atoms with van der Waals surface area (Å²) in [4.78, 5) is 19.9. The first kappa shape index (κ1) is 9.97. The van der Waals surface area contributed by atoms with E-state index in [4.69, 9.17) is 5.73 Å². The number of likely N-dealkylation sites (N-methyl/N-ethyl adjacent to an activating group) is 1. The average Bonchev–Trinajstić information content (AvgIpc) is 2.59. The molecule has 0 amide bonds. The van der Waals surface area contributed by atoms with Crippen LogP contribution in [0, 0.1) is 0 Å². The Hall–Kier alpha value is -1.56. The van der Waals surface area contributed by atoms with E-state index in [0.717, 1.165) is 19.5 Å². The van der Waals surface area contributed by atoms with Gasteiger partial charge in [0, 0.05) is 12.6 Å². The second-order valence-electron chi connectivity index (χ2n) is 3.89. The van der Waals surface area contributed by atoms with E-state index in [1.54, 1.807) is 0 Å². The standard InChI is InChI=1S/C9H15N5O/c1-14-3-2-6(4-14)13-8-7(10)9(15)12-5-11-8/h5-6H,2-4,10H2,1H3,(H2,11,12,13,15). The molecule has 1 atom stereocenters. The van der Waals surface area contributed by atoms with Crippen molar-refractivity contribution in [3.05, 3.63) is 16.7 Å². The van der Waals surface area contributed by atoms with Gasteiger partial charge in [0.1, 0.15) is 5.69 Å². The van der Waals surface area contributed by atoms with Crippen LogP contribution in [-0.2, 0) is 0 Å². The van der Waals surface area contributed by atoms with E-state index >= 15 is 0 Å². The maximum absolute atomic E-state index is 11.2. The van der Waals surface area contributed by atoms with Crippen LogP contribution in [0.25, 0.3) is 0 Å². The molecule has 1 aromatic heterocycles. The number of rotatable bonds is 2. The summed E-state index contributed by atoms with van der Waals surface area (Å²) < 4.78 is 0. The molecule has 1 aliphatic rings. The molecule has 0 radical (unpaired) electrons. The summed E-state index contributed by atoms with van der Waals surface area (Å²) in [6, 6.07) is 0.326. The van der Waals surface area contributed by atoms with Crippen molar-refractivity contribution in [3.8, 4) is 0 Å². The summed E-state index contributed by atoms with van der Waals surface area (Å²) >= 11 is 0. The van der Waals surface area contributed by atoms with Gasteiger partial charge >= 0.3 is 0 Å². The Labute approximate surface area is 87.5 Å². The lowest BCUT2D eigenvalue weighted by atomic mass is 10.2. The second-order valence-corrected chi connectivity index (χ2v) is 3.89. The first-order valence-electron chi connectivity index (χ1n) is 4.95. The van der Waals surface area contributed by atoms with Crippen molar-refractivity contribution < 1.29 is 0 Å². The lowest BCUT2D eigenvalue weighted by Gasteiger charge is -2.13. The van der Waals surface area contributed by atoms with Crippen LogP contribution in [0.1, 0.15) is 6.42 Å². The Morgan fingerprint density at radius 3 is 3.20 bits per heavy atom. The van der Waals surface area contributed by atoms with Gasteiger partial charge in [-0.1, -0.05) is 0 Å². The van der Waals surface area contributed by atoms with Crippen LogP contribution < -0.4 is 16.6 Å². The highest BCUT2D eigenvalue weighted by atomic mass is 16.1. The normalized spacial score (nSPS) is 21.8. The number of H-pyrrole nitrogens is 1. The molecule has 0 aliphatic carbocycles. The van der Waals surface area contributed by atoms with Crippen molar-refractivity contribution in [1.82, 2.24) is 14.9 Å². The van der Waals surface area contributed by atoms with E-state index in [1.807, 2.05) is 0 Å². The number of likely N-dealkylation sites (tertiary alicyclic amines) is 1. The number of anilines is 2. The first-order valence-corrected chi connectivity index (χ1v) is 4.95. The number of nitrogens with two attached hydrogens (primary N) is 1. The third kappa shape index (κ3) is 2.10. The van der Waals surface area contributed by atoms with Gasteiger partial charge in [-0.15, -0.1) is 0 Å². The first-order chi connectivity index (χ1) is 7.16. The van der Waals surface area contributed by atoms with Crippen molar-refractivity contribution in [2.24, 2.45) is 0 Å². The smallest absolute Gasteiger partial charge is 0.276 e. The Balaban J connectivity index is 2.11. The van der Waals surface area contributed by atoms with Crippen molar-refractivity contribution in [2.45, 2.75) is 12.5 Å². The fourth-order valence-electron chi connectivity index (χ4n) is 1.77. The molecule has 1 unspecified atom stereocenters. The average molecular weight is 209 g/mol. The van der Waals surface area contributed by atoms with Gasteiger partial charge in [-0.05, 0) is 20.0 Å². The van der Waals surface area contributed by atoms with E-state index in [-0.39, 0.29) is 11.2 Å². The van der Waals surface area contributed by atoms with E-state index in [9.17, 15) is 4.79 Å². The summed E-state index contributed by atoms with van der Waals surface area (Å²) in [7, 11) is 2.07. The molecule has 0 bridgehead atoms. The zero-order valence-electron chi connectivity index (χ0n) is 8.66. The molecule has 1 aromatic rings. The van der Waals surface area contributed by atoms with Crippen molar-refractivity contribution in [3.63, 3.8) is 0 Å². The van der Waals surface area contributed by atoms with Crippen LogP contribution in [0.3, 0.4) is 0 Å². The summed E-state index contributed by atoms with van der Waals surface area (Å²) in [5, 5.41) is 3.18. The number of hydrogen-bond donors (Lipinski definition) is 3. The van der Waals surface area contributed by atoms with E-state index in [2.05, 4.69) is 27.2 Å². The van der Waals surface area contributed by atoms with Gasteiger partial charge in [0.25, 0.3) is 5.56 Å². The quantitative estimate of drug-likeness (QED) is 0.609. The number of hydrogen-bond acceptors (Lipinski definition) is 5. The Kier molecular flexibility index (Phi) is 2.59. The van der Waals surface area contributed by atoms with Crippen molar-refractivity contribution >= 4 is 11.5 Å². The molecule has 2 heterocycles. The minimum Gasteiger partial charge on any atom is -0.391 e. The summed E-state index contributed by atoms with van der Waals surface area (Å²) in [5.41, 5.74) is 5.48. The molecule has 1 aliphatic heterocycles. The minimum atomic E-state index is -0.293. The zero-order valence-corrected chi connectivity index (χ0v) is 8.66. The zero-order chi connectivity index (χ0) is 10.8. The van der Waals surface area contributed by atoms with Gasteiger partial charge in [0.15, 0.2) is 5.82 Å². The van der Waals surface area contributed by atoms with E-state index in [1.165, 1.54) is 6.33 Å². The molecule has 0 spiro atoms. The number of nitrogens with zero attached hydrogens (tertiary/aromatic N) is 2. The van der Waals surface area contributed by atoms with Crippen molar-refractivity contribution in [2.75, 3.05) is 31.2 Å². The molecule has 82 valence electrons. The van der Waals surface area contributed by atoms with Gasteiger partial charge in [0.2, 0.25) is 0 Å². The third-order valence-corrected chi connectivity index (χ3v) is 2.62. The predicted molar refractivity (Wildman–Crippen MR) is 58.8 cm³/mol. The predicted octanol–water partition coefficient (Wildman–Crippen LogP) is -0.532. The largest absolute Gasteiger partial charge is 0.391 e. The molecule has 0 aromatic carbocycles. The summed E-state index contributed by atoms with van der Waals surface area (Å²) in [6.07, 6.45) is 2.41. The van der Waals surface area contributed by atoms with E-state index in [0.29, 0.717) is 11.9 Å². The minimum absolute atomic E-state index is 0.159. The molecule has 15 heavy (non-hydrogen) atoms. The van der Waals surface area contributed by atoms with Gasteiger partial charge in [0.05, 0.1) is 6.33 Å². The molecule has 4 N–H and O–H groups in total. The highest BCUT2D eigenvalue weighted by molar-refractivity contribution is 5.59. The Morgan fingerprint density at radius 2 is 2.53 bits per heavy atom. The Morgan fingerprint density at radius 1 is 1.73 bits per heavy atom. The molecule has 6 nitrogen and oxygen atoms in total. The number of nitrogens with one attached hydrogen (secondary N) is 2. The lowest BCUT2D eigenvalue weighted by Crippen LogP contribution is -2.26. The molecular formula is C9H15N5O. The number of aromatic amines is 1. The van der Waals surface area contributed by atoms with Gasteiger partial charge < -0.3 is 20.9 Å². The third-order valence-electron chi connectivity index (χ3n) is 2.62.